The number of nitrogens with zero attached hydrogens (tertiary/aromatic N) is 1. The molecule has 2 nitrogen and oxygen atoms in total. The van der Waals surface area contributed by atoms with Gasteiger partial charge in [-0.15, -0.1) is 0 Å². The van der Waals surface area contributed by atoms with Crippen LogP contribution in [0.2, 0.25) is 0 Å². The van der Waals surface area contributed by atoms with Crippen LogP contribution >= 0.6 is 0 Å². The Hall–Kier alpha value is -1.83. The molecule has 3 rings (SSSR count). The number of fused-ring (bicyclic) bond motifs is 1. The number of hydrogen-bond donors (Lipinski definition) is 0. The van der Waals surface area contributed by atoms with Crippen molar-refractivity contribution in [3.63, 3.8) is 0 Å². The third-order valence-electron chi connectivity index (χ3n) is 3.68. The minimum atomic E-state index is 0.462. The first-order valence-corrected chi connectivity index (χ1v) is 6.52. The maximum atomic E-state index is 5.99. The average molecular weight is 240 g/mol. The molecule has 1 fully saturated rings. The predicted molar refractivity (Wildman–Crippen MR) is 74.7 cm³/mol. The largest absolute Gasteiger partial charge is 0.486 e. The summed E-state index contributed by atoms with van der Waals surface area (Å²) in [6, 6.07) is 15.0. The van der Waals surface area contributed by atoms with E-state index in [1.807, 2.05) is 12.1 Å². The second-order valence-electron chi connectivity index (χ2n) is 4.90. The summed E-state index contributed by atoms with van der Waals surface area (Å²) < 4.78 is 8.14. The molecule has 0 radical (unpaired) electrons. The lowest BCUT2D eigenvalue weighted by Gasteiger charge is -2.11. The Morgan fingerprint density at radius 2 is 2.00 bits per heavy atom. The first-order chi connectivity index (χ1) is 8.84. The Morgan fingerprint density at radius 3 is 2.83 bits per heavy atom. The first-order valence-electron chi connectivity index (χ1n) is 6.52. The lowest BCUT2D eigenvalue weighted by molar-refractivity contribution is -0.537. The van der Waals surface area contributed by atoms with E-state index >= 15 is 0 Å². The van der Waals surface area contributed by atoms with Crippen molar-refractivity contribution in [2.45, 2.75) is 18.9 Å². The van der Waals surface area contributed by atoms with Gasteiger partial charge in [0.25, 0.3) is 0 Å². The summed E-state index contributed by atoms with van der Waals surface area (Å²) in [5.41, 5.74) is 0. The highest BCUT2D eigenvalue weighted by atomic mass is 16.5. The fraction of sp³-hybridized carbons (Fsp3) is 0.312. The zero-order chi connectivity index (χ0) is 12.4. The molecule has 0 amide bonds. The quantitative estimate of drug-likeness (QED) is 0.751. The molecule has 1 atom stereocenters. The standard InChI is InChI=1S/C16H18NO/c1-17-11-5-8-14(17)12-18-16-10-4-7-13-6-2-3-9-15(13)16/h2-4,6-7,9-10,14H,1,5,8,11-12H2/q+1. The van der Waals surface area contributed by atoms with Crippen molar-refractivity contribution in [3.05, 3.63) is 42.5 Å². The minimum Gasteiger partial charge on any atom is -0.486 e. The Labute approximate surface area is 108 Å². The lowest BCUT2D eigenvalue weighted by atomic mass is 10.1. The molecule has 0 spiro atoms. The van der Waals surface area contributed by atoms with Crippen LogP contribution in [0.15, 0.2) is 42.5 Å². The van der Waals surface area contributed by atoms with Crippen LogP contribution in [0.1, 0.15) is 12.8 Å². The van der Waals surface area contributed by atoms with E-state index < -0.39 is 0 Å². The van der Waals surface area contributed by atoms with Crippen molar-refractivity contribution in [2.75, 3.05) is 13.2 Å². The highest BCUT2D eigenvalue weighted by molar-refractivity contribution is 5.88. The topological polar surface area (TPSA) is 12.2 Å². The van der Waals surface area contributed by atoms with Gasteiger partial charge in [0.1, 0.15) is 25.6 Å². The van der Waals surface area contributed by atoms with Crippen LogP contribution < -0.4 is 4.74 Å². The molecule has 0 saturated carbocycles. The number of ether oxygens (including phenoxy) is 1. The molecule has 0 aromatic heterocycles. The van der Waals surface area contributed by atoms with Crippen LogP contribution in [-0.2, 0) is 0 Å². The summed E-state index contributed by atoms with van der Waals surface area (Å²) in [5.74, 6) is 0.980. The Morgan fingerprint density at radius 1 is 1.17 bits per heavy atom. The van der Waals surface area contributed by atoms with Crippen molar-refractivity contribution >= 4 is 17.5 Å². The Balaban J connectivity index is 1.80. The number of rotatable bonds is 3. The lowest BCUT2D eigenvalue weighted by Crippen LogP contribution is -2.25. The van der Waals surface area contributed by atoms with Crippen molar-refractivity contribution in [1.29, 1.82) is 0 Å². The molecule has 1 heterocycles. The van der Waals surface area contributed by atoms with Crippen LogP contribution in [0, 0.1) is 0 Å². The van der Waals surface area contributed by atoms with E-state index in [0.29, 0.717) is 6.04 Å². The van der Waals surface area contributed by atoms with Gasteiger partial charge in [0.2, 0.25) is 0 Å². The summed E-state index contributed by atoms with van der Waals surface area (Å²) in [6.07, 6.45) is 2.42. The van der Waals surface area contributed by atoms with Gasteiger partial charge >= 0.3 is 0 Å². The van der Waals surface area contributed by atoms with Crippen LogP contribution in [0.5, 0.6) is 5.75 Å². The second-order valence-corrected chi connectivity index (χ2v) is 4.90. The molecule has 1 aliphatic rings. The molecule has 1 unspecified atom stereocenters. The van der Waals surface area contributed by atoms with Crippen molar-refractivity contribution in [1.82, 2.24) is 0 Å². The van der Waals surface area contributed by atoms with E-state index in [0.717, 1.165) is 18.9 Å². The van der Waals surface area contributed by atoms with Crippen molar-refractivity contribution < 1.29 is 9.31 Å². The van der Waals surface area contributed by atoms with E-state index in [1.165, 1.54) is 23.6 Å². The molecule has 0 bridgehead atoms. The molecule has 0 aliphatic carbocycles. The fourth-order valence-electron chi connectivity index (χ4n) is 2.59. The van der Waals surface area contributed by atoms with Gasteiger partial charge in [-0.3, -0.25) is 0 Å². The van der Waals surface area contributed by atoms with Crippen molar-refractivity contribution in [3.8, 4) is 5.75 Å². The molecule has 2 aromatic rings. The number of hydrogen-bond acceptors (Lipinski definition) is 1. The predicted octanol–water partition coefficient (Wildman–Crippen LogP) is 3.09. The first kappa shape index (κ1) is 11.3. The smallest absolute Gasteiger partial charge is 0.186 e. The molecule has 1 saturated heterocycles. The Bertz CT molecular complexity index is 571. The molecular formula is C16H18NO+. The zero-order valence-corrected chi connectivity index (χ0v) is 10.5. The summed E-state index contributed by atoms with van der Waals surface area (Å²) in [4.78, 5) is 0. The van der Waals surface area contributed by atoms with E-state index in [4.69, 9.17) is 4.74 Å². The van der Waals surface area contributed by atoms with Crippen LogP contribution in [-0.4, -0.2) is 30.5 Å². The summed E-state index contributed by atoms with van der Waals surface area (Å²) in [5, 5.41) is 2.42. The van der Waals surface area contributed by atoms with Gasteiger partial charge in [-0.1, -0.05) is 36.4 Å². The van der Waals surface area contributed by atoms with Crippen LogP contribution in [0.4, 0.5) is 0 Å². The van der Waals surface area contributed by atoms with Gasteiger partial charge in [-0.25, -0.2) is 4.58 Å². The fourth-order valence-corrected chi connectivity index (χ4v) is 2.59. The highest BCUT2D eigenvalue weighted by Crippen LogP contribution is 2.25. The SMILES string of the molecule is C=[N+]1CCCC1COc1cccc2ccccc12. The molecule has 1 aliphatic heterocycles. The van der Waals surface area contributed by atoms with Gasteiger partial charge in [-0.05, 0) is 11.5 Å². The van der Waals surface area contributed by atoms with E-state index in [2.05, 4.69) is 41.6 Å². The van der Waals surface area contributed by atoms with Crippen LogP contribution in [0.25, 0.3) is 10.8 Å². The van der Waals surface area contributed by atoms with Crippen LogP contribution in [0.3, 0.4) is 0 Å². The van der Waals surface area contributed by atoms with E-state index in [-0.39, 0.29) is 0 Å². The molecule has 18 heavy (non-hydrogen) atoms. The molecule has 2 heteroatoms. The van der Waals surface area contributed by atoms with Crippen molar-refractivity contribution in [2.24, 2.45) is 0 Å². The second kappa shape index (κ2) is 4.81. The summed E-state index contributed by atoms with van der Waals surface area (Å²) in [6.45, 7) is 5.87. The van der Waals surface area contributed by atoms with E-state index in [1.54, 1.807) is 0 Å². The van der Waals surface area contributed by atoms with Gasteiger partial charge in [0.15, 0.2) is 6.04 Å². The average Bonchev–Trinajstić information content (AvgIpc) is 2.82. The third kappa shape index (κ3) is 2.10. The number of benzene rings is 2. The van der Waals surface area contributed by atoms with Gasteiger partial charge in [0.05, 0.1) is 0 Å². The monoisotopic (exact) mass is 240 g/mol. The molecule has 2 aromatic carbocycles. The molecule has 92 valence electrons. The zero-order valence-electron chi connectivity index (χ0n) is 10.5. The maximum Gasteiger partial charge on any atom is 0.186 e. The molecule has 0 N–H and O–H groups in total. The molecular weight excluding hydrogens is 222 g/mol. The summed E-state index contributed by atoms with van der Waals surface area (Å²) in [7, 11) is 0. The van der Waals surface area contributed by atoms with Gasteiger partial charge in [0, 0.05) is 18.2 Å². The van der Waals surface area contributed by atoms with Gasteiger partial charge < -0.3 is 4.74 Å². The highest BCUT2D eigenvalue weighted by Gasteiger charge is 2.26. The Kier molecular flexibility index (Phi) is 3.01. The third-order valence-corrected chi connectivity index (χ3v) is 3.68. The van der Waals surface area contributed by atoms with Gasteiger partial charge in [-0.2, -0.15) is 0 Å². The van der Waals surface area contributed by atoms with E-state index in [9.17, 15) is 0 Å². The maximum absolute atomic E-state index is 5.99. The normalized spacial score (nSPS) is 19.3. The summed E-state index contributed by atoms with van der Waals surface area (Å²) >= 11 is 0. The minimum absolute atomic E-state index is 0.462.